The van der Waals surface area contributed by atoms with Gasteiger partial charge >= 0.3 is 6.18 Å². The Hall–Kier alpha value is -4.90. The molecule has 0 spiro atoms. The molecule has 1 aliphatic heterocycles. The molecule has 14 heteroatoms. The molecule has 1 amide bonds. The molecule has 0 radical (unpaired) electrons. The zero-order valence-corrected chi connectivity index (χ0v) is 18.0. The standard InChI is InChI=1S/C22H13F4N9O/c23-16-3-4-17(14-2-1-5-28-18(14)16)34-19(22(24,25)26)15(11-32-34)21(36)33-13-8-12(9-27)20(29-10-13)35-30-6-7-31-35/h1-8,10,32H,11H2,(H,33,36). The van der Waals surface area contributed by atoms with Crippen molar-refractivity contribution in [1.29, 1.82) is 5.26 Å². The molecular formula is C22H13F4N9O. The van der Waals surface area contributed by atoms with Gasteiger partial charge in [-0.3, -0.25) is 14.8 Å². The Morgan fingerprint density at radius 2 is 1.92 bits per heavy atom. The number of nitrogens with one attached hydrogen (secondary N) is 2. The second kappa shape index (κ2) is 8.71. The van der Waals surface area contributed by atoms with E-state index in [1.807, 2.05) is 6.07 Å². The van der Waals surface area contributed by atoms with E-state index in [9.17, 15) is 27.6 Å². The van der Waals surface area contributed by atoms with Gasteiger partial charge in [0.15, 0.2) is 5.82 Å². The van der Waals surface area contributed by atoms with Crippen molar-refractivity contribution in [2.45, 2.75) is 6.18 Å². The van der Waals surface area contributed by atoms with Crippen molar-refractivity contribution in [2.75, 3.05) is 16.9 Å². The molecule has 10 nitrogen and oxygen atoms in total. The number of nitrogens with zero attached hydrogens (tertiary/aromatic N) is 7. The number of hydrogen-bond donors (Lipinski definition) is 2. The molecule has 36 heavy (non-hydrogen) atoms. The van der Waals surface area contributed by atoms with Crippen molar-refractivity contribution < 1.29 is 22.4 Å². The van der Waals surface area contributed by atoms with E-state index in [0.717, 1.165) is 10.9 Å². The molecular weight excluding hydrogens is 482 g/mol. The second-order valence-electron chi connectivity index (χ2n) is 7.44. The normalized spacial score (nSPS) is 13.8. The number of carbonyl (C=O) groups excluding carboxylic acids is 1. The third-order valence-electron chi connectivity index (χ3n) is 5.26. The number of carbonyl (C=O) groups is 1. The second-order valence-corrected chi connectivity index (χ2v) is 7.44. The van der Waals surface area contributed by atoms with Gasteiger partial charge in [-0.05, 0) is 30.3 Å². The van der Waals surface area contributed by atoms with Gasteiger partial charge in [0.05, 0.1) is 35.5 Å². The third-order valence-corrected chi connectivity index (χ3v) is 5.26. The monoisotopic (exact) mass is 495 g/mol. The van der Waals surface area contributed by atoms with Crippen molar-refractivity contribution in [1.82, 2.24) is 30.4 Å². The number of benzene rings is 1. The molecule has 0 aliphatic carbocycles. The number of hydrogen-bond acceptors (Lipinski definition) is 8. The number of nitriles is 1. The summed E-state index contributed by atoms with van der Waals surface area (Å²) in [6.07, 6.45) is 0.310. The number of halogens is 4. The first-order valence-corrected chi connectivity index (χ1v) is 10.2. The highest BCUT2D eigenvalue weighted by atomic mass is 19.4. The molecule has 4 aromatic rings. The molecule has 0 fully saturated rings. The Morgan fingerprint density at radius 1 is 1.14 bits per heavy atom. The van der Waals surface area contributed by atoms with Gasteiger partial charge in [0, 0.05) is 18.1 Å². The Morgan fingerprint density at radius 3 is 2.64 bits per heavy atom. The van der Waals surface area contributed by atoms with E-state index in [0.29, 0.717) is 5.01 Å². The molecule has 0 saturated heterocycles. The van der Waals surface area contributed by atoms with Gasteiger partial charge in [-0.2, -0.15) is 28.6 Å². The van der Waals surface area contributed by atoms with Crippen molar-refractivity contribution in [3.8, 4) is 11.9 Å². The average Bonchev–Trinajstić information content (AvgIpc) is 3.55. The molecule has 0 atom stereocenters. The first-order chi connectivity index (χ1) is 17.3. The highest BCUT2D eigenvalue weighted by Crippen LogP contribution is 2.39. The maximum atomic E-state index is 14.2. The van der Waals surface area contributed by atoms with Crippen LogP contribution in [0.2, 0.25) is 0 Å². The molecule has 1 aliphatic rings. The molecule has 3 aromatic heterocycles. The van der Waals surface area contributed by atoms with Crippen LogP contribution >= 0.6 is 0 Å². The lowest BCUT2D eigenvalue weighted by Gasteiger charge is -2.25. The summed E-state index contributed by atoms with van der Waals surface area (Å²) in [5.41, 5.74) is 0.522. The van der Waals surface area contributed by atoms with Crippen molar-refractivity contribution in [2.24, 2.45) is 0 Å². The van der Waals surface area contributed by atoms with E-state index >= 15 is 0 Å². The molecule has 5 rings (SSSR count). The summed E-state index contributed by atoms with van der Waals surface area (Å²) in [5.74, 6) is -1.67. The predicted molar refractivity (Wildman–Crippen MR) is 118 cm³/mol. The van der Waals surface area contributed by atoms with E-state index in [1.54, 1.807) is 0 Å². The molecule has 4 heterocycles. The van der Waals surface area contributed by atoms with Gasteiger partial charge < -0.3 is 5.32 Å². The van der Waals surface area contributed by atoms with Gasteiger partial charge in [0.1, 0.15) is 28.7 Å². The first kappa shape index (κ1) is 22.9. The summed E-state index contributed by atoms with van der Waals surface area (Å²) in [4.78, 5) is 22.0. The lowest BCUT2D eigenvalue weighted by molar-refractivity contribution is -0.114. The summed E-state index contributed by atoms with van der Waals surface area (Å²) in [7, 11) is 0. The van der Waals surface area contributed by atoms with E-state index in [2.05, 4.69) is 30.9 Å². The minimum atomic E-state index is -4.94. The lowest BCUT2D eigenvalue weighted by Crippen LogP contribution is -2.37. The predicted octanol–water partition coefficient (Wildman–Crippen LogP) is 3.00. The quantitative estimate of drug-likeness (QED) is 0.414. The van der Waals surface area contributed by atoms with Crippen LogP contribution in [-0.2, 0) is 4.79 Å². The Kier molecular flexibility index (Phi) is 5.53. The van der Waals surface area contributed by atoms with Crippen molar-refractivity contribution in [3.63, 3.8) is 0 Å². The maximum absolute atomic E-state index is 14.2. The number of pyridine rings is 2. The number of alkyl halides is 3. The number of aromatic nitrogens is 5. The Balaban J connectivity index is 1.52. The minimum absolute atomic E-state index is 0.00337. The van der Waals surface area contributed by atoms with E-state index < -0.39 is 35.7 Å². The Labute approximate surface area is 199 Å². The van der Waals surface area contributed by atoms with Crippen molar-refractivity contribution >= 4 is 28.2 Å². The molecule has 180 valence electrons. The third kappa shape index (κ3) is 3.97. The van der Waals surface area contributed by atoms with Crippen molar-refractivity contribution in [3.05, 3.63) is 77.8 Å². The number of anilines is 2. The fraction of sp³-hybridized carbons (Fsp3) is 0.0909. The van der Waals surface area contributed by atoms with E-state index in [-0.39, 0.29) is 33.7 Å². The SMILES string of the molecule is N#Cc1cc(NC(=O)C2=C(C(F)(F)F)N(c3ccc(F)c4ncccc34)NC2)cnc1-n1nccn1. The number of rotatable bonds is 4. The fourth-order valence-corrected chi connectivity index (χ4v) is 3.76. The van der Waals surface area contributed by atoms with Crippen LogP contribution in [-0.4, -0.2) is 43.6 Å². The molecule has 0 bridgehead atoms. The summed E-state index contributed by atoms with van der Waals surface area (Å²) in [6.45, 7) is -0.465. The topological polar surface area (TPSA) is 125 Å². The van der Waals surface area contributed by atoms with E-state index in [4.69, 9.17) is 0 Å². The van der Waals surface area contributed by atoms with Crippen LogP contribution in [0.4, 0.5) is 28.9 Å². The van der Waals surface area contributed by atoms with Crippen LogP contribution in [0.25, 0.3) is 16.7 Å². The number of allylic oxidation sites excluding steroid dienone is 1. The van der Waals surface area contributed by atoms with E-state index in [1.165, 1.54) is 49.1 Å². The molecule has 1 aromatic carbocycles. The lowest BCUT2D eigenvalue weighted by atomic mass is 10.1. The Bertz CT molecular complexity index is 1560. The van der Waals surface area contributed by atoms with Crippen LogP contribution < -0.4 is 15.8 Å². The summed E-state index contributed by atoms with van der Waals surface area (Å²) in [5, 5.41) is 20.4. The van der Waals surface area contributed by atoms with Gasteiger partial charge in [-0.15, -0.1) is 4.80 Å². The smallest absolute Gasteiger partial charge is 0.321 e. The fourth-order valence-electron chi connectivity index (χ4n) is 3.76. The van der Waals surface area contributed by atoms with Crippen LogP contribution in [0.1, 0.15) is 5.56 Å². The number of fused-ring (bicyclic) bond motifs is 1. The molecule has 0 unspecified atom stereocenters. The van der Waals surface area contributed by atoms with Gasteiger partial charge in [-0.25, -0.2) is 14.8 Å². The summed E-state index contributed by atoms with van der Waals surface area (Å²) < 4.78 is 56.7. The zero-order chi connectivity index (χ0) is 25.4. The molecule has 2 N–H and O–H groups in total. The minimum Gasteiger partial charge on any atom is -0.321 e. The first-order valence-electron chi connectivity index (χ1n) is 10.2. The summed E-state index contributed by atoms with van der Waals surface area (Å²) >= 11 is 0. The summed E-state index contributed by atoms with van der Waals surface area (Å²) in [6, 6.07) is 8.20. The average molecular weight is 495 g/mol. The number of hydrazine groups is 1. The van der Waals surface area contributed by atoms with Crippen LogP contribution in [0.15, 0.2) is 66.4 Å². The van der Waals surface area contributed by atoms with Gasteiger partial charge in [-0.1, -0.05) is 0 Å². The van der Waals surface area contributed by atoms with Gasteiger partial charge in [0.2, 0.25) is 0 Å². The zero-order valence-electron chi connectivity index (χ0n) is 18.0. The number of amides is 1. The highest BCUT2D eigenvalue weighted by Gasteiger charge is 2.46. The van der Waals surface area contributed by atoms with Crippen LogP contribution in [0, 0.1) is 17.1 Å². The van der Waals surface area contributed by atoms with Gasteiger partial charge in [0.25, 0.3) is 5.91 Å². The molecule has 0 saturated carbocycles. The van der Waals surface area contributed by atoms with Crippen LogP contribution in [0.5, 0.6) is 0 Å². The largest absolute Gasteiger partial charge is 0.433 e. The maximum Gasteiger partial charge on any atom is 0.433 e. The van der Waals surface area contributed by atoms with Crippen LogP contribution in [0.3, 0.4) is 0 Å². The highest BCUT2D eigenvalue weighted by molar-refractivity contribution is 6.06.